The Morgan fingerprint density at radius 2 is 1.82 bits per heavy atom. The Morgan fingerprint density at radius 3 is 2.41 bits per heavy atom. The van der Waals surface area contributed by atoms with Crippen LogP contribution in [-0.4, -0.2) is 5.91 Å². The molecule has 0 radical (unpaired) electrons. The normalized spacial score (nSPS) is 15.0. The van der Waals surface area contributed by atoms with Crippen molar-refractivity contribution in [2.24, 2.45) is 0 Å². The molecule has 1 amide bonds. The number of anilines is 1. The highest BCUT2D eigenvalue weighted by atomic mass is 19.1. The number of nitrogens with zero attached hydrogens (tertiary/aromatic N) is 1. The number of carbonyl (C=O) groups excluding carboxylic acids is 1. The molecule has 2 aromatic carbocycles. The summed E-state index contributed by atoms with van der Waals surface area (Å²) in [5, 5.41) is 11.6. The number of nitrogens with one attached hydrogen (secondary N) is 1. The zero-order valence-electron chi connectivity index (χ0n) is 11.6. The molecule has 1 aliphatic carbocycles. The number of hydrogen-bond donors (Lipinski definition) is 1. The zero-order chi connectivity index (χ0) is 15.7. The second-order valence-corrected chi connectivity index (χ2v) is 5.35. The van der Waals surface area contributed by atoms with Gasteiger partial charge in [0.25, 0.3) is 5.91 Å². The Balaban J connectivity index is 1.77. The fourth-order valence-corrected chi connectivity index (χ4v) is 2.33. The summed E-state index contributed by atoms with van der Waals surface area (Å²) in [5.74, 6) is -2.17. The molecule has 3 rings (SSSR count). The van der Waals surface area contributed by atoms with Crippen LogP contribution in [0.4, 0.5) is 14.5 Å². The molecule has 3 nitrogen and oxygen atoms in total. The Bertz CT molecular complexity index is 774. The fraction of sp³-hybridized carbons (Fsp3) is 0.176. The van der Waals surface area contributed by atoms with Gasteiger partial charge in [-0.1, -0.05) is 12.1 Å². The van der Waals surface area contributed by atoms with E-state index in [2.05, 4.69) is 11.4 Å². The van der Waals surface area contributed by atoms with Crippen molar-refractivity contribution in [1.29, 1.82) is 5.26 Å². The van der Waals surface area contributed by atoms with Gasteiger partial charge < -0.3 is 5.32 Å². The summed E-state index contributed by atoms with van der Waals surface area (Å²) < 4.78 is 26.6. The molecule has 0 bridgehead atoms. The fourth-order valence-electron chi connectivity index (χ4n) is 2.33. The lowest BCUT2D eigenvalue weighted by Crippen LogP contribution is -2.14. The summed E-state index contributed by atoms with van der Waals surface area (Å²) in [5.41, 5.74) is 0.632. The standard InChI is InChI=1S/C17H12F2N2O/c18-12-3-6-15(19)14(9-12)16(22)21-13-4-1-11(2-5-13)17(10-20)7-8-17/h1-6,9H,7-8H2,(H,21,22). The van der Waals surface area contributed by atoms with Crippen molar-refractivity contribution >= 4 is 11.6 Å². The summed E-state index contributed by atoms with van der Waals surface area (Å²) in [4.78, 5) is 12.0. The molecule has 0 atom stereocenters. The Hall–Kier alpha value is -2.74. The Kier molecular flexibility index (Phi) is 3.38. The lowest BCUT2D eigenvalue weighted by Gasteiger charge is -2.09. The van der Waals surface area contributed by atoms with Gasteiger partial charge >= 0.3 is 0 Å². The maximum Gasteiger partial charge on any atom is 0.258 e. The van der Waals surface area contributed by atoms with Crippen LogP contribution in [0.3, 0.4) is 0 Å². The summed E-state index contributed by atoms with van der Waals surface area (Å²) >= 11 is 0. The summed E-state index contributed by atoms with van der Waals surface area (Å²) in [7, 11) is 0. The van der Waals surface area contributed by atoms with E-state index in [0.29, 0.717) is 5.69 Å². The van der Waals surface area contributed by atoms with Gasteiger partial charge in [0.1, 0.15) is 11.6 Å². The van der Waals surface area contributed by atoms with Crippen LogP contribution in [0.1, 0.15) is 28.8 Å². The van der Waals surface area contributed by atoms with E-state index in [1.54, 1.807) is 24.3 Å². The molecule has 1 aliphatic rings. The van der Waals surface area contributed by atoms with Gasteiger partial charge in [-0.15, -0.1) is 0 Å². The van der Waals surface area contributed by atoms with Gasteiger partial charge in [-0.3, -0.25) is 4.79 Å². The first kappa shape index (κ1) is 14.2. The Labute approximate surface area is 126 Å². The molecule has 0 unspecified atom stereocenters. The average Bonchev–Trinajstić information content (AvgIpc) is 3.31. The smallest absolute Gasteiger partial charge is 0.258 e. The van der Waals surface area contributed by atoms with Gasteiger partial charge in [0.15, 0.2) is 0 Å². The highest BCUT2D eigenvalue weighted by molar-refractivity contribution is 6.04. The first-order chi connectivity index (χ1) is 10.5. The van der Waals surface area contributed by atoms with Crippen molar-refractivity contribution in [3.8, 4) is 6.07 Å². The third-order valence-electron chi connectivity index (χ3n) is 3.83. The minimum absolute atomic E-state index is 0.347. The van der Waals surface area contributed by atoms with Crippen LogP contribution in [0, 0.1) is 23.0 Å². The molecule has 5 heteroatoms. The third-order valence-corrected chi connectivity index (χ3v) is 3.83. The van der Waals surface area contributed by atoms with Crippen LogP contribution < -0.4 is 5.32 Å². The number of hydrogen-bond acceptors (Lipinski definition) is 2. The predicted octanol–water partition coefficient (Wildman–Crippen LogP) is 3.77. The maximum atomic E-state index is 13.5. The SMILES string of the molecule is N#CC1(c2ccc(NC(=O)c3cc(F)ccc3F)cc2)CC1. The molecule has 0 aliphatic heterocycles. The van der Waals surface area contributed by atoms with E-state index in [1.807, 2.05) is 0 Å². The molecule has 110 valence electrons. The molecule has 0 aromatic heterocycles. The predicted molar refractivity (Wildman–Crippen MR) is 77.3 cm³/mol. The van der Waals surface area contributed by atoms with Crippen LogP contribution in [0.5, 0.6) is 0 Å². The van der Waals surface area contributed by atoms with Crippen LogP contribution in [0.25, 0.3) is 0 Å². The quantitative estimate of drug-likeness (QED) is 0.937. The van der Waals surface area contributed by atoms with Gasteiger partial charge in [0.2, 0.25) is 0 Å². The lowest BCUT2D eigenvalue weighted by molar-refractivity contribution is 0.102. The average molecular weight is 298 g/mol. The van der Waals surface area contributed by atoms with Crippen LogP contribution >= 0.6 is 0 Å². The minimum atomic E-state index is -0.781. The topological polar surface area (TPSA) is 52.9 Å². The highest BCUT2D eigenvalue weighted by Crippen LogP contribution is 2.47. The first-order valence-corrected chi connectivity index (χ1v) is 6.82. The molecule has 1 fully saturated rings. The van der Waals surface area contributed by atoms with Crippen molar-refractivity contribution in [3.05, 3.63) is 65.2 Å². The van der Waals surface area contributed by atoms with E-state index in [4.69, 9.17) is 5.26 Å². The molecule has 2 aromatic rings. The molecule has 1 N–H and O–H groups in total. The van der Waals surface area contributed by atoms with Gasteiger partial charge in [-0.25, -0.2) is 8.78 Å². The molecular formula is C17H12F2N2O. The number of benzene rings is 2. The van der Waals surface area contributed by atoms with Crippen molar-refractivity contribution in [2.75, 3.05) is 5.32 Å². The van der Waals surface area contributed by atoms with Gasteiger partial charge in [0, 0.05) is 5.69 Å². The summed E-state index contributed by atoms with van der Waals surface area (Å²) in [6.45, 7) is 0. The number of nitriles is 1. The van der Waals surface area contributed by atoms with Crippen LogP contribution in [0.15, 0.2) is 42.5 Å². The summed E-state index contributed by atoms with van der Waals surface area (Å²) in [6, 6.07) is 11.9. The van der Waals surface area contributed by atoms with Gasteiger partial charge in [0.05, 0.1) is 17.0 Å². The lowest BCUT2D eigenvalue weighted by atomic mass is 9.97. The monoisotopic (exact) mass is 298 g/mol. The van der Waals surface area contributed by atoms with Crippen molar-refractivity contribution in [3.63, 3.8) is 0 Å². The van der Waals surface area contributed by atoms with E-state index >= 15 is 0 Å². The molecule has 0 heterocycles. The van der Waals surface area contributed by atoms with Crippen molar-refractivity contribution < 1.29 is 13.6 Å². The molecule has 22 heavy (non-hydrogen) atoms. The Morgan fingerprint density at radius 1 is 1.14 bits per heavy atom. The van der Waals surface area contributed by atoms with Crippen LogP contribution in [0.2, 0.25) is 0 Å². The van der Waals surface area contributed by atoms with Crippen LogP contribution in [-0.2, 0) is 5.41 Å². The molecule has 1 saturated carbocycles. The van der Waals surface area contributed by atoms with E-state index in [1.165, 1.54) is 0 Å². The third kappa shape index (κ3) is 2.56. The molecule has 0 saturated heterocycles. The number of halogens is 2. The van der Waals surface area contributed by atoms with E-state index in [-0.39, 0.29) is 5.56 Å². The highest BCUT2D eigenvalue weighted by Gasteiger charge is 2.44. The second kappa shape index (κ2) is 5.23. The maximum absolute atomic E-state index is 13.5. The van der Waals surface area contributed by atoms with E-state index < -0.39 is 23.0 Å². The number of rotatable bonds is 3. The van der Waals surface area contributed by atoms with Gasteiger partial charge in [-0.05, 0) is 48.7 Å². The van der Waals surface area contributed by atoms with Crippen molar-refractivity contribution in [2.45, 2.75) is 18.3 Å². The summed E-state index contributed by atoms with van der Waals surface area (Å²) in [6.07, 6.45) is 1.67. The second-order valence-electron chi connectivity index (χ2n) is 5.35. The molecular weight excluding hydrogens is 286 g/mol. The van der Waals surface area contributed by atoms with E-state index in [0.717, 1.165) is 36.6 Å². The number of carbonyl (C=O) groups is 1. The number of amides is 1. The minimum Gasteiger partial charge on any atom is -0.322 e. The first-order valence-electron chi connectivity index (χ1n) is 6.82. The largest absolute Gasteiger partial charge is 0.322 e. The van der Waals surface area contributed by atoms with E-state index in [9.17, 15) is 13.6 Å². The zero-order valence-corrected chi connectivity index (χ0v) is 11.6. The van der Waals surface area contributed by atoms with Gasteiger partial charge in [-0.2, -0.15) is 5.26 Å². The molecule has 0 spiro atoms. The van der Waals surface area contributed by atoms with Crippen molar-refractivity contribution in [1.82, 2.24) is 0 Å².